The molecule has 0 saturated heterocycles. The van der Waals surface area contributed by atoms with Gasteiger partial charge in [0.25, 0.3) is 17.3 Å². The van der Waals surface area contributed by atoms with Gasteiger partial charge < -0.3 is 0 Å². The van der Waals surface area contributed by atoms with Crippen molar-refractivity contribution in [2.24, 2.45) is 0 Å². The molecule has 0 N–H and O–H groups in total. The van der Waals surface area contributed by atoms with E-state index in [1.807, 2.05) is 0 Å². The zero-order valence-electron chi connectivity index (χ0n) is 10.9. The molecule has 0 fully saturated rings. The Hall–Kier alpha value is 0.840. The lowest BCUT2D eigenvalue weighted by Crippen LogP contribution is -2.55. The van der Waals surface area contributed by atoms with Gasteiger partial charge in [-0.05, 0) is 0 Å². The highest BCUT2D eigenvalue weighted by Gasteiger charge is 2.71. The molecule has 18 heteroatoms. The van der Waals surface area contributed by atoms with Crippen molar-refractivity contribution in [1.29, 1.82) is 0 Å². The highest BCUT2D eigenvalue weighted by Crippen LogP contribution is 2.54. The molecule has 0 saturated carbocycles. The van der Waals surface area contributed by atoms with E-state index in [0.29, 0.717) is 0 Å². The fraction of sp³-hybridized carbons (Fsp3) is 0.750. The Morgan fingerprint density at radius 2 is 0.731 bits per heavy atom. The first-order valence-electron chi connectivity index (χ1n) is 5.13. The van der Waals surface area contributed by atoms with Gasteiger partial charge in [-0.25, -0.2) is 19.4 Å². The van der Waals surface area contributed by atoms with Crippen LogP contribution in [0.2, 0.25) is 0 Å². The quantitative estimate of drug-likeness (QED) is 0.190. The molecule has 0 heterocycles. The number of rotatable bonds is 4. The van der Waals surface area contributed by atoms with Gasteiger partial charge in [0, 0.05) is 0 Å². The predicted octanol–water partition coefficient (Wildman–Crippen LogP) is 5.81. The minimum Gasteiger partial charge on any atom is -0.244 e. The minimum atomic E-state index is -5.61. The standard InChI is InChI=1S/C8Cl8F6O4/c9-3(10,5(13,14)7(17,18)19)1(23)25-26-2(24)4(11,12)6(15,16)8(20,21)22. The van der Waals surface area contributed by atoms with Crippen molar-refractivity contribution in [2.75, 3.05) is 0 Å². The van der Waals surface area contributed by atoms with E-state index < -0.39 is 41.6 Å². The number of hydrogen-bond donors (Lipinski definition) is 0. The van der Waals surface area contributed by atoms with E-state index in [0.717, 1.165) is 0 Å². The molecule has 154 valence electrons. The molecule has 0 aromatic carbocycles. The highest BCUT2D eigenvalue weighted by atomic mass is 35.5. The summed E-state index contributed by atoms with van der Waals surface area (Å²) in [6.07, 6.45) is -11.2. The number of carbonyl (C=O) groups excluding carboxylic acids is 2. The van der Waals surface area contributed by atoms with Crippen LogP contribution in [0.1, 0.15) is 0 Å². The maximum atomic E-state index is 12.6. The molecule has 0 spiro atoms. The topological polar surface area (TPSA) is 52.6 Å². The molecule has 0 amide bonds. The highest BCUT2D eigenvalue weighted by molar-refractivity contribution is 6.69. The number of carbonyl (C=O) groups is 2. The fourth-order valence-corrected chi connectivity index (χ4v) is 1.66. The molecule has 0 aliphatic heterocycles. The minimum absolute atomic E-state index is 2.47. The Morgan fingerprint density at radius 1 is 0.538 bits per heavy atom. The van der Waals surface area contributed by atoms with Crippen LogP contribution in [0.5, 0.6) is 0 Å². The normalized spacial score (nSPS) is 14.8. The molecule has 4 nitrogen and oxygen atoms in total. The average molecular weight is 558 g/mol. The average Bonchev–Trinajstić information content (AvgIpc) is 2.40. The largest absolute Gasteiger partial charge is 0.425 e. The second kappa shape index (κ2) is 7.93. The van der Waals surface area contributed by atoms with Crippen molar-refractivity contribution in [2.45, 2.75) is 29.7 Å². The molecule has 0 aromatic heterocycles. The molecule has 0 aromatic rings. The summed E-state index contributed by atoms with van der Waals surface area (Å²) in [5.41, 5.74) is 0. The summed E-state index contributed by atoms with van der Waals surface area (Å²) in [6.45, 7) is 0. The molecule has 0 aliphatic carbocycles. The van der Waals surface area contributed by atoms with E-state index in [1.54, 1.807) is 0 Å². The van der Waals surface area contributed by atoms with Crippen LogP contribution in [0.4, 0.5) is 26.3 Å². The lowest BCUT2D eigenvalue weighted by atomic mass is 10.2. The van der Waals surface area contributed by atoms with E-state index in [-0.39, 0.29) is 0 Å². The first-order chi connectivity index (χ1) is 11.0. The van der Waals surface area contributed by atoms with Crippen molar-refractivity contribution < 1.29 is 45.7 Å². The molecular formula is C8Cl8F6O4. The van der Waals surface area contributed by atoms with Crippen LogP contribution in [0.15, 0.2) is 0 Å². The molecule has 0 rings (SSSR count). The van der Waals surface area contributed by atoms with Gasteiger partial charge in [-0.3, -0.25) is 0 Å². The van der Waals surface area contributed by atoms with Gasteiger partial charge in [0.15, 0.2) is 0 Å². The number of alkyl halides is 14. The first-order valence-corrected chi connectivity index (χ1v) is 8.15. The smallest absolute Gasteiger partial charge is 0.244 e. The molecule has 0 radical (unpaired) electrons. The van der Waals surface area contributed by atoms with Crippen molar-refractivity contribution in [3.8, 4) is 0 Å². The van der Waals surface area contributed by atoms with Gasteiger partial charge in [-0.1, -0.05) is 92.8 Å². The Morgan fingerprint density at radius 3 is 0.885 bits per heavy atom. The maximum Gasteiger partial charge on any atom is 0.425 e. The summed E-state index contributed by atoms with van der Waals surface area (Å²) in [6, 6.07) is 0. The Bertz CT molecular complexity index is 522. The molecule has 0 aliphatic rings. The van der Waals surface area contributed by atoms with Crippen LogP contribution in [-0.2, 0) is 19.4 Å². The molecule has 0 atom stereocenters. The third-order valence-corrected chi connectivity index (χ3v) is 6.72. The third-order valence-electron chi connectivity index (χ3n) is 2.21. The van der Waals surface area contributed by atoms with E-state index in [9.17, 15) is 35.9 Å². The molecule has 0 bridgehead atoms. The monoisotopic (exact) mass is 554 g/mol. The fourth-order valence-electron chi connectivity index (χ4n) is 0.793. The van der Waals surface area contributed by atoms with Crippen LogP contribution in [0.25, 0.3) is 0 Å². The zero-order valence-corrected chi connectivity index (χ0v) is 17.0. The lowest BCUT2D eigenvalue weighted by molar-refractivity contribution is -0.263. The summed E-state index contributed by atoms with van der Waals surface area (Å²) in [4.78, 5) is 29.8. The first kappa shape index (κ1) is 26.8. The summed E-state index contributed by atoms with van der Waals surface area (Å²) >= 11 is 39.5. The van der Waals surface area contributed by atoms with Gasteiger partial charge in [0.2, 0.25) is 0 Å². The molecular weight excluding hydrogens is 558 g/mol. The summed E-state index contributed by atoms with van der Waals surface area (Å²) < 4.78 is 59.6. The Balaban J connectivity index is 5.38. The van der Waals surface area contributed by atoms with E-state index in [1.165, 1.54) is 0 Å². The summed E-state index contributed by atoms with van der Waals surface area (Å²) in [5.74, 6) is -4.94. The van der Waals surface area contributed by atoms with Gasteiger partial charge in [0.05, 0.1) is 0 Å². The molecule has 26 heavy (non-hydrogen) atoms. The van der Waals surface area contributed by atoms with Crippen molar-refractivity contribution in [3.05, 3.63) is 0 Å². The lowest BCUT2D eigenvalue weighted by Gasteiger charge is -2.32. The van der Waals surface area contributed by atoms with Gasteiger partial charge in [-0.2, -0.15) is 26.3 Å². The van der Waals surface area contributed by atoms with E-state index >= 15 is 0 Å². The second-order valence-electron chi connectivity index (χ2n) is 4.03. The van der Waals surface area contributed by atoms with E-state index in [2.05, 4.69) is 9.78 Å². The zero-order chi connectivity index (χ0) is 21.6. The predicted molar refractivity (Wildman–Crippen MR) is 82.0 cm³/mol. The Kier molecular flexibility index (Phi) is 8.19. The summed E-state index contributed by atoms with van der Waals surface area (Å²) in [5, 5.41) is 0. The van der Waals surface area contributed by atoms with E-state index in [4.69, 9.17) is 92.8 Å². The van der Waals surface area contributed by atoms with Gasteiger partial charge in [0.1, 0.15) is 0 Å². The van der Waals surface area contributed by atoms with Crippen LogP contribution in [0, 0.1) is 0 Å². The van der Waals surface area contributed by atoms with Crippen LogP contribution >= 0.6 is 92.8 Å². The molecule has 0 unspecified atom stereocenters. The van der Waals surface area contributed by atoms with Crippen molar-refractivity contribution in [1.82, 2.24) is 0 Å². The van der Waals surface area contributed by atoms with Gasteiger partial charge >= 0.3 is 24.3 Å². The van der Waals surface area contributed by atoms with Gasteiger partial charge in [-0.15, -0.1) is 0 Å². The van der Waals surface area contributed by atoms with Crippen molar-refractivity contribution >= 4 is 105 Å². The van der Waals surface area contributed by atoms with Crippen LogP contribution < -0.4 is 0 Å². The Labute approximate surface area is 179 Å². The second-order valence-corrected chi connectivity index (χ2v) is 9.34. The van der Waals surface area contributed by atoms with Crippen LogP contribution in [0.3, 0.4) is 0 Å². The maximum absolute atomic E-state index is 12.6. The number of halogens is 14. The number of hydrogen-bond acceptors (Lipinski definition) is 4. The SMILES string of the molecule is O=C(OOC(=O)C(Cl)(Cl)C(Cl)(Cl)C(F)(F)F)C(Cl)(Cl)C(Cl)(Cl)C(F)(F)F. The third kappa shape index (κ3) is 4.87. The van der Waals surface area contributed by atoms with Crippen molar-refractivity contribution in [3.63, 3.8) is 0 Å². The van der Waals surface area contributed by atoms with Crippen LogP contribution in [-0.4, -0.2) is 41.6 Å². The summed E-state index contributed by atoms with van der Waals surface area (Å²) in [7, 11) is 0.